The van der Waals surface area contributed by atoms with Crippen LogP contribution in [0.3, 0.4) is 0 Å². The van der Waals surface area contributed by atoms with Gasteiger partial charge in [0.05, 0.1) is 17.4 Å². The Labute approximate surface area is 120 Å². The number of nitrogens with two attached hydrogens (primary N) is 1. The average molecular weight is 273 g/mol. The summed E-state index contributed by atoms with van der Waals surface area (Å²) in [7, 11) is 0. The molecular weight excluding hydrogens is 250 g/mol. The van der Waals surface area contributed by atoms with Crippen LogP contribution in [-0.4, -0.2) is 14.8 Å². The summed E-state index contributed by atoms with van der Waals surface area (Å²) < 4.78 is 2.01. The number of hydrogen-bond donors (Lipinski definition) is 2. The fourth-order valence-corrected chi connectivity index (χ4v) is 2.14. The van der Waals surface area contributed by atoms with Crippen LogP contribution in [0.2, 0.25) is 0 Å². The summed E-state index contributed by atoms with van der Waals surface area (Å²) in [4.78, 5) is 4.52. The lowest BCUT2D eigenvalue weighted by Gasteiger charge is -2.14. The van der Waals surface area contributed by atoms with Crippen LogP contribution < -0.4 is 11.3 Å². The summed E-state index contributed by atoms with van der Waals surface area (Å²) in [5.41, 5.74) is 5.80. The van der Waals surface area contributed by atoms with Crippen molar-refractivity contribution in [1.29, 1.82) is 0 Å². The zero-order valence-corrected chi connectivity index (χ0v) is 12.4. The fourth-order valence-electron chi connectivity index (χ4n) is 2.14. The molecule has 2 aromatic heterocycles. The van der Waals surface area contributed by atoms with Crippen LogP contribution in [0.25, 0.3) is 0 Å². The van der Waals surface area contributed by atoms with E-state index in [4.69, 9.17) is 5.84 Å². The van der Waals surface area contributed by atoms with E-state index in [-0.39, 0.29) is 6.04 Å². The number of pyridine rings is 1. The van der Waals surface area contributed by atoms with Crippen molar-refractivity contribution in [3.63, 3.8) is 0 Å². The van der Waals surface area contributed by atoms with E-state index in [9.17, 15) is 0 Å². The molecule has 108 valence electrons. The number of hydrazine groups is 1. The van der Waals surface area contributed by atoms with E-state index >= 15 is 0 Å². The van der Waals surface area contributed by atoms with Gasteiger partial charge in [0.2, 0.25) is 0 Å². The van der Waals surface area contributed by atoms with Gasteiger partial charge in [0.25, 0.3) is 0 Å². The zero-order chi connectivity index (χ0) is 14.5. The Morgan fingerprint density at radius 1 is 1.35 bits per heavy atom. The molecule has 0 fully saturated rings. The number of aromatic nitrogens is 3. The molecule has 2 atom stereocenters. The van der Waals surface area contributed by atoms with E-state index < -0.39 is 0 Å². The summed E-state index contributed by atoms with van der Waals surface area (Å²) in [6.45, 7) is 6.30. The lowest BCUT2D eigenvalue weighted by molar-refractivity contribution is 0.465. The van der Waals surface area contributed by atoms with E-state index in [1.54, 1.807) is 0 Å². The van der Waals surface area contributed by atoms with Crippen molar-refractivity contribution in [2.75, 3.05) is 0 Å². The second kappa shape index (κ2) is 6.63. The van der Waals surface area contributed by atoms with Gasteiger partial charge in [0.1, 0.15) is 0 Å². The molecule has 5 nitrogen and oxygen atoms in total. The lowest BCUT2D eigenvalue weighted by Crippen LogP contribution is -2.30. The van der Waals surface area contributed by atoms with Gasteiger partial charge >= 0.3 is 0 Å². The van der Waals surface area contributed by atoms with Gasteiger partial charge in [-0.25, -0.2) is 0 Å². The highest BCUT2D eigenvalue weighted by atomic mass is 15.3. The van der Waals surface area contributed by atoms with Gasteiger partial charge in [-0.3, -0.25) is 20.9 Å². The molecular formula is C15H23N5. The van der Waals surface area contributed by atoms with E-state index in [0.29, 0.717) is 6.04 Å². The van der Waals surface area contributed by atoms with Crippen LogP contribution in [-0.2, 0) is 6.42 Å². The quantitative estimate of drug-likeness (QED) is 0.626. The van der Waals surface area contributed by atoms with Crippen molar-refractivity contribution in [2.24, 2.45) is 5.84 Å². The Balaban J connectivity index is 2.12. The summed E-state index contributed by atoms with van der Waals surface area (Å²) in [5, 5.41) is 4.61. The SMILES string of the molecule is CCC(C)n1ccc(CC(NN)c2cccc(C)n2)n1. The summed E-state index contributed by atoms with van der Waals surface area (Å²) in [6.07, 6.45) is 3.83. The maximum absolute atomic E-state index is 5.67. The minimum atomic E-state index is -0.0183. The van der Waals surface area contributed by atoms with Gasteiger partial charge in [-0.2, -0.15) is 5.10 Å². The zero-order valence-electron chi connectivity index (χ0n) is 12.4. The standard InChI is InChI=1S/C15H23N5/c1-4-12(3)20-9-8-13(19-20)10-15(18-16)14-7-5-6-11(2)17-14/h5-9,12,15,18H,4,10,16H2,1-3H3. The van der Waals surface area contributed by atoms with Gasteiger partial charge in [0, 0.05) is 24.4 Å². The second-order valence-corrected chi connectivity index (χ2v) is 5.17. The highest BCUT2D eigenvalue weighted by molar-refractivity contribution is 5.16. The first-order chi connectivity index (χ1) is 9.63. The number of hydrogen-bond acceptors (Lipinski definition) is 4. The molecule has 0 saturated carbocycles. The van der Waals surface area contributed by atoms with Crippen LogP contribution in [0.1, 0.15) is 49.4 Å². The van der Waals surface area contributed by atoms with Gasteiger partial charge in [-0.1, -0.05) is 13.0 Å². The van der Waals surface area contributed by atoms with Gasteiger partial charge < -0.3 is 0 Å². The van der Waals surface area contributed by atoms with Crippen molar-refractivity contribution >= 4 is 0 Å². The van der Waals surface area contributed by atoms with E-state index in [1.165, 1.54) is 0 Å². The predicted octanol–water partition coefficient (Wildman–Crippen LogP) is 2.30. The Morgan fingerprint density at radius 3 is 2.80 bits per heavy atom. The largest absolute Gasteiger partial charge is 0.271 e. The monoisotopic (exact) mass is 273 g/mol. The molecule has 2 unspecified atom stereocenters. The van der Waals surface area contributed by atoms with Crippen LogP contribution in [0.4, 0.5) is 0 Å². The molecule has 0 aliphatic carbocycles. The molecule has 2 heterocycles. The van der Waals surface area contributed by atoms with Crippen LogP contribution in [0, 0.1) is 6.92 Å². The highest BCUT2D eigenvalue weighted by Gasteiger charge is 2.14. The molecule has 0 aromatic carbocycles. The minimum Gasteiger partial charge on any atom is -0.271 e. The van der Waals surface area contributed by atoms with Crippen LogP contribution in [0.5, 0.6) is 0 Å². The molecule has 2 aromatic rings. The number of nitrogens with one attached hydrogen (secondary N) is 1. The Bertz CT molecular complexity index is 549. The van der Waals surface area contributed by atoms with Crippen molar-refractivity contribution < 1.29 is 0 Å². The summed E-state index contributed by atoms with van der Waals surface area (Å²) in [5.74, 6) is 5.67. The second-order valence-electron chi connectivity index (χ2n) is 5.17. The third-order valence-electron chi connectivity index (χ3n) is 3.59. The van der Waals surface area contributed by atoms with E-state index in [1.807, 2.05) is 42.1 Å². The van der Waals surface area contributed by atoms with E-state index in [0.717, 1.165) is 29.9 Å². The Hall–Kier alpha value is -1.72. The third-order valence-corrected chi connectivity index (χ3v) is 3.59. The molecule has 0 bridgehead atoms. The number of aryl methyl sites for hydroxylation is 1. The summed E-state index contributed by atoms with van der Waals surface area (Å²) in [6, 6.07) is 8.42. The average Bonchev–Trinajstić information content (AvgIpc) is 2.92. The molecule has 0 spiro atoms. The third kappa shape index (κ3) is 3.43. The highest BCUT2D eigenvalue weighted by Crippen LogP contribution is 2.17. The number of nitrogens with zero attached hydrogens (tertiary/aromatic N) is 3. The molecule has 0 saturated heterocycles. The van der Waals surface area contributed by atoms with Crippen LogP contribution in [0.15, 0.2) is 30.5 Å². The lowest BCUT2D eigenvalue weighted by atomic mass is 10.1. The molecule has 0 aliphatic rings. The van der Waals surface area contributed by atoms with Crippen molar-refractivity contribution in [3.05, 3.63) is 47.5 Å². The Kier molecular flexibility index (Phi) is 4.87. The number of rotatable bonds is 6. The van der Waals surface area contributed by atoms with Gasteiger partial charge in [-0.15, -0.1) is 0 Å². The normalized spacial score (nSPS) is 14.2. The molecule has 0 aliphatic heterocycles. The van der Waals surface area contributed by atoms with Gasteiger partial charge in [0.15, 0.2) is 0 Å². The van der Waals surface area contributed by atoms with Crippen LogP contribution >= 0.6 is 0 Å². The molecule has 3 N–H and O–H groups in total. The predicted molar refractivity (Wildman–Crippen MR) is 80.0 cm³/mol. The first-order valence-corrected chi connectivity index (χ1v) is 7.07. The van der Waals surface area contributed by atoms with E-state index in [2.05, 4.69) is 29.4 Å². The van der Waals surface area contributed by atoms with Crippen molar-refractivity contribution in [2.45, 2.75) is 45.7 Å². The Morgan fingerprint density at radius 2 is 2.15 bits per heavy atom. The van der Waals surface area contributed by atoms with Crippen molar-refractivity contribution in [3.8, 4) is 0 Å². The first kappa shape index (κ1) is 14.7. The molecule has 5 heteroatoms. The maximum atomic E-state index is 5.67. The van der Waals surface area contributed by atoms with Crippen molar-refractivity contribution in [1.82, 2.24) is 20.2 Å². The fraction of sp³-hybridized carbons (Fsp3) is 0.467. The molecule has 0 radical (unpaired) electrons. The summed E-state index contributed by atoms with van der Waals surface area (Å²) >= 11 is 0. The maximum Gasteiger partial charge on any atom is 0.0688 e. The molecule has 20 heavy (non-hydrogen) atoms. The topological polar surface area (TPSA) is 68.8 Å². The first-order valence-electron chi connectivity index (χ1n) is 7.07. The smallest absolute Gasteiger partial charge is 0.0688 e. The van der Waals surface area contributed by atoms with Gasteiger partial charge in [-0.05, 0) is 38.5 Å². The minimum absolute atomic E-state index is 0.0183. The molecule has 2 rings (SSSR count). The molecule has 0 amide bonds.